The van der Waals surface area contributed by atoms with Gasteiger partial charge in [-0.1, -0.05) is 18.3 Å². The lowest BCUT2D eigenvalue weighted by atomic mass is 10.2. The molecule has 1 heterocycles. The van der Waals surface area contributed by atoms with Crippen LogP contribution in [-0.4, -0.2) is 42.5 Å². The molecule has 0 bridgehead atoms. The van der Waals surface area contributed by atoms with E-state index in [1.54, 1.807) is 11.8 Å². The minimum Gasteiger partial charge on any atom is -0.382 e. The van der Waals surface area contributed by atoms with E-state index in [1.165, 1.54) is 11.3 Å². The number of carbonyl (C=O) groups excluding carboxylic acids is 1. The van der Waals surface area contributed by atoms with Crippen LogP contribution in [0.2, 0.25) is 0 Å². The molecule has 1 atom stereocenters. The number of amides is 1. The summed E-state index contributed by atoms with van der Waals surface area (Å²) in [5.74, 6) is 1.69. The van der Waals surface area contributed by atoms with Crippen LogP contribution in [0.15, 0.2) is 0 Å². The summed E-state index contributed by atoms with van der Waals surface area (Å²) in [4.78, 5) is 19.0. The Hall–Kier alpha value is -0.950. The van der Waals surface area contributed by atoms with E-state index in [-0.39, 0.29) is 5.91 Å². The molecule has 0 radical (unpaired) electrons. The van der Waals surface area contributed by atoms with E-state index >= 15 is 0 Å². The summed E-state index contributed by atoms with van der Waals surface area (Å²) in [6, 6.07) is 0. The quantitative estimate of drug-likeness (QED) is 0.770. The smallest absolute Gasteiger partial charge is 0.265 e. The molecule has 1 aromatic rings. The lowest BCUT2D eigenvalue weighted by molar-refractivity contribution is 0.0954. The molecule has 0 aromatic carbocycles. The highest BCUT2D eigenvalue weighted by molar-refractivity contribution is 7.98. The van der Waals surface area contributed by atoms with Crippen molar-refractivity contribution in [3.05, 3.63) is 4.88 Å². The first-order valence-corrected chi connectivity index (χ1v) is 9.02. The third kappa shape index (κ3) is 4.56. The molecule has 1 amide bonds. The van der Waals surface area contributed by atoms with E-state index in [0.29, 0.717) is 23.2 Å². The van der Waals surface area contributed by atoms with E-state index in [0.717, 1.165) is 24.0 Å². The van der Waals surface area contributed by atoms with Crippen LogP contribution >= 0.6 is 23.1 Å². The number of carbonyl (C=O) groups is 1. The summed E-state index contributed by atoms with van der Waals surface area (Å²) in [5, 5.41) is 3.75. The predicted molar refractivity (Wildman–Crippen MR) is 90.0 cm³/mol. The first-order chi connectivity index (χ1) is 9.53. The second kappa shape index (κ2) is 8.36. The van der Waals surface area contributed by atoms with Crippen molar-refractivity contribution in [2.75, 3.05) is 42.3 Å². The fourth-order valence-corrected chi connectivity index (χ4v) is 3.52. The third-order valence-corrected chi connectivity index (χ3v) is 4.98. The van der Waals surface area contributed by atoms with Gasteiger partial charge in [-0.3, -0.25) is 4.79 Å². The van der Waals surface area contributed by atoms with Gasteiger partial charge in [-0.25, -0.2) is 4.98 Å². The standard InChI is InChI=1S/C13H24N4OS2/c1-5-17(6-2)13-16-11(14)10(20-13)12(18)15-7-9(3)8-19-4/h9H,5-8,14H2,1-4H3,(H,15,18). The van der Waals surface area contributed by atoms with Crippen molar-refractivity contribution in [3.63, 3.8) is 0 Å². The van der Waals surface area contributed by atoms with Crippen LogP contribution in [0.25, 0.3) is 0 Å². The molecule has 114 valence electrons. The average molecular weight is 316 g/mol. The van der Waals surface area contributed by atoms with Crippen molar-refractivity contribution in [2.24, 2.45) is 5.92 Å². The summed E-state index contributed by atoms with van der Waals surface area (Å²) in [5.41, 5.74) is 5.86. The summed E-state index contributed by atoms with van der Waals surface area (Å²) in [6.45, 7) is 8.62. The molecule has 3 N–H and O–H groups in total. The van der Waals surface area contributed by atoms with Gasteiger partial charge in [0.1, 0.15) is 10.7 Å². The van der Waals surface area contributed by atoms with Crippen molar-refractivity contribution < 1.29 is 4.79 Å². The maximum absolute atomic E-state index is 12.1. The molecule has 5 nitrogen and oxygen atoms in total. The molecule has 0 saturated heterocycles. The van der Waals surface area contributed by atoms with Gasteiger partial charge >= 0.3 is 0 Å². The second-order valence-electron chi connectivity index (χ2n) is 4.65. The third-order valence-electron chi connectivity index (χ3n) is 2.94. The zero-order valence-corrected chi connectivity index (χ0v) is 14.2. The predicted octanol–water partition coefficient (Wildman–Crippen LogP) is 2.30. The summed E-state index contributed by atoms with van der Waals surface area (Å²) in [7, 11) is 0. The number of nitrogens with one attached hydrogen (secondary N) is 1. The molecular formula is C13H24N4OS2. The van der Waals surface area contributed by atoms with Crippen LogP contribution < -0.4 is 16.0 Å². The van der Waals surface area contributed by atoms with Crippen LogP contribution in [0, 0.1) is 5.92 Å². The molecule has 0 aliphatic carbocycles. The van der Waals surface area contributed by atoms with Gasteiger partial charge in [-0.15, -0.1) is 0 Å². The highest BCUT2D eigenvalue weighted by Crippen LogP contribution is 2.27. The molecule has 1 unspecified atom stereocenters. The summed E-state index contributed by atoms with van der Waals surface area (Å²) >= 11 is 3.14. The zero-order chi connectivity index (χ0) is 15.1. The average Bonchev–Trinajstić information content (AvgIpc) is 2.80. The Balaban J connectivity index is 2.69. The van der Waals surface area contributed by atoms with E-state index in [4.69, 9.17) is 5.73 Å². The minimum atomic E-state index is -0.119. The Bertz CT molecular complexity index is 432. The van der Waals surface area contributed by atoms with Crippen LogP contribution in [-0.2, 0) is 0 Å². The Kier molecular flexibility index (Phi) is 7.15. The maximum Gasteiger partial charge on any atom is 0.265 e. The van der Waals surface area contributed by atoms with Crippen LogP contribution in [0.5, 0.6) is 0 Å². The molecule has 0 saturated carbocycles. The maximum atomic E-state index is 12.1. The zero-order valence-electron chi connectivity index (χ0n) is 12.6. The fourth-order valence-electron chi connectivity index (χ4n) is 1.80. The molecule has 0 aliphatic heterocycles. The van der Waals surface area contributed by atoms with E-state index in [1.807, 2.05) is 0 Å². The van der Waals surface area contributed by atoms with E-state index in [9.17, 15) is 4.79 Å². The lowest BCUT2D eigenvalue weighted by Gasteiger charge is -2.16. The van der Waals surface area contributed by atoms with Crippen molar-refractivity contribution >= 4 is 40.0 Å². The second-order valence-corrected chi connectivity index (χ2v) is 6.54. The van der Waals surface area contributed by atoms with Crippen LogP contribution in [0.4, 0.5) is 10.9 Å². The molecule has 0 aliphatic rings. The summed E-state index contributed by atoms with van der Waals surface area (Å²) < 4.78 is 0. The number of nitrogens with zero attached hydrogens (tertiary/aromatic N) is 2. The van der Waals surface area contributed by atoms with Gasteiger partial charge in [0.15, 0.2) is 5.13 Å². The number of nitrogens with two attached hydrogens (primary N) is 1. The number of aromatic nitrogens is 1. The number of nitrogen functional groups attached to an aromatic ring is 1. The first-order valence-electron chi connectivity index (χ1n) is 6.81. The van der Waals surface area contributed by atoms with Crippen LogP contribution in [0.3, 0.4) is 0 Å². The topological polar surface area (TPSA) is 71.2 Å². The highest BCUT2D eigenvalue weighted by Gasteiger charge is 2.18. The number of hydrogen-bond donors (Lipinski definition) is 2. The largest absolute Gasteiger partial charge is 0.382 e. The van der Waals surface area contributed by atoms with Crippen molar-refractivity contribution in [1.82, 2.24) is 10.3 Å². The number of thioether (sulfide) groups is 1. The Labute approximate surface area is 129 Å². The Morgan fingerprint density at radius 3 is 2.70 bits per heavy atom. The number of thiazole rings is 1. The minimum absolute atomic E-state index is 0.119. The first kappa shape index (κ1) is 17.1. The van der Waals surface area contributed by atoms with Crippen molar-refractivity contribution in [3.8, 4) is 0 Å². The molecule has 1 aromatic heterocycles. The molecular weight excluding hydrogens is 292 g/mol. The summed E-state index contributed by atoms with van der Waals surface area (Å²) in [6.07, 6.45) is 2.07. The normalized spacial score (nSPS) is 12.2. The van der Waals surface area contributed by atoms with Crippen molar-refractivity contribution in [2.45, 2.75) is 20.8 Å². The van der Waals surface area contributed by atoms with Gasteiger partial charge in [0.2, 0.25) is 0 Å². The molecule has 20 heavy (non-hydrogen) atoms. The lowest BCUT2D eigenvalue weighted by Crippen LogP contribution is -2.29. The Morgan fingerprint density at radius 2 is 2.15 bits per heavy atom. The van der Waals surface area contributed by atoms with Crippen LogP contribution in [0.1, 0.15) is 30.4 Å². The number of anilines is 2. The monoisotopic (exact) mass is 316 g/mol. The van der Waals surface area contributed by atoms with Gasteiger partial charge < -0.3 is 16.0 Å². The number of hydrogen-bond acceptors (Lipinski definition) is 6. The number of rotatable bonds is 8. The SMILES string of the molecule is CCN(CC)c1nc(N)c(C(=O)NCC(C)CSC)s1. The molecule has 7 heteroatoms. The van der Waals surface area contributed by atoms with Gasteiger partial charge in [-0.2, -0.15) is 11.8 Å². The van der Waals surface area contributed by atoms with Gasteiger partial charge in [0, 0.05) is 19.6 Å². The molecule has 0 fully saturated rings. The Morgan fingerprint density at radius 1 is 1.50 bits per heavy atom. The fraction of sp³-hybridized carbons (Fsp3) is 0.692. The van der Waals surface area contributed by atoms with Crippen molar-refractivity contribution in [1.29, 1.82) is 0 Å². The van der Waals surface area contributed by atoms with E-state index < -0.39 is 0 Å². The highest BCUT2D eigenvalue weighted by atomic mass is 32.2. The van der Waals surface area contributed by atoms with Gasteiger partial charge in [-0.05, 0) is 31.8 Å². The van der Waals surface area contributed by atoms with E-state index in [2.05, 4.69) is 42.2 Å². The molecule has 0 spiro atoms. The van der Waals surface area contributed by atoms with Gasteiger partial charge in [0.05, 0.1) is 0 Å². The van der Waals surface area contributed by atoms with Gasteiger partial charge in [0.25, 0.3) is 5.91 Å². The molecule has 1 rings (SSSR count).